The summed E-state index contributed by atoms with van der Waals surface area (Å²) < 4.78 is 62.2. The molecule has 1 aromatic heterocycles. The summed E-state index contributed by atoms with van der Waals surface area (Å²) >= 11 is 1.05. The number of thioether (sulfide) groups is 1. The fraction of sp³-hybridized carbons (Fsp3) is 0.0714. The zero-order valence-electron chi connectivity index (χ0n) is 20.2. The SMILES string of the molecule is O=C(O)c1cccc(COc2ccccc2C2SC(c3ccc(F)cc3)=NN2C(=O)c2c(F)cc(F)cc2F)n1. The Morgan fingerprint density at radius 3 is 2.30 bits per heavy atom. The van der Waals surface area contributed by atoms with E-state index in [9.17, 15) is 32.3 Å². The van der Waals surface area contributed by atoms with Gasteiger partial charge >= 0.3 is 5.97 Å². The van der Waals surface area contributed by atoms with E-state index in [1.54, 1.807) is 30.3 Å². The van der Waals surface area contributed by atoms with Gasteiger partial charge < -0.3 is 9.84 Å². The molecule has 12 heteroatoms. The normalized spacial score (nSPS) is 14.7. The van der Waals surface area contributed by atoms with E-state index in [-0.39, 0.29) is 23.1 Å². The molecule has 1 aliphatic heterocycles. The van der Waals surface area contributed by atoms with Crippen LogP contribution >= 0.6 is 11.8 Å². The molecule has 7 nitrogen and oxygen atoms in total. The molecule has 202 valence electrons. The third kappa shape index (κ3) is 5.52. The van der Waals surface area contributed by atoms with Crippen molar-refractivity contribution < 1.29 is 37.0 Å². The van der Waals surface area contributed by atoms with Crippen LogP contribution in [0.4, 0.5) is 17.6 Å². The first kappa shape index (κ1) is 26.9. The molecule has 5 rings (SSSR count). The number of aromatic nitrogens is 1. The standard InChI is InChI=1S/C28H17F4N3O4S/c29-16-10-8-15(9-11-16)25-34-35(26(36)24-20(31)12-17(30)13-21(24)32)27(40-25)19-5-1-2-7-23(19)39-14-18-4-3-6-22(33-18)28(37)38/h1-13,27H,14H2,(H,37,38). The molecule has 1 unspecified atom stereocenters. The maximum Gasteiger partial charge on any atom is 0.354 e. The Hall–Kier alpha value is -4.71. The molecule has 1 atom stereocenters. The fourth-order valence-corrected chi connectivity index (χ4v) is 5.09. The molecular weight excluding hydrogens is 550 g/mol. The highest BCUT2D eigenvalue weighted by Crippen LogP contribution is 2.45. The summed E-state index contributed by atoms with van der Waals surface area (Å²) in [5.74, 6) is -6.59. The van der Waals surface area contributed by atoms with E-state index >= 15 is 0 Å². The van der Waals surface area contributed by atoms with Crippen molar-refractivity contribution in [2.75, 3.05) is 0 Å². The van der Waals surface area contributed by atoms with E-state index in [2.05, 4.69) is 10.1 Å². The Morgan fingerprint density at radius 2 is 1.60 bits per heavy atom. The summed E-state index contributed by atoms with van der Waals surface area (Å²) in [6.07, 6.45) is 0. The van der Waals surface area contributed by atoms with Gasteiger partial charge in [0.15, 0.2) is 0 Å². The van der Waals surface area contributed by atoms with Gasteiger partial charge in [-0.25, -0.2) is 32.3 Å². The minimum atomic E-state index is -1.40. The molecule has 0 fully saturated rings. The minimum Gasteiger partial charge on any atom is -0.487 e. The quantitative estimate of drug-likeness (QED) is 0.269. The van der Waals surface area contributed by atoms with E-state index in [1.807, 2.05) is 0 Å². The van der Waals surface area contributed by atoms with Crippen LogP contribution in [0.1, 0.15) is 43.0 Å². The molecule has 4 aromatic rings. The van der Waals surface area contributed by atoms with Gasteiger partial charge in [-0.15, -0.1) is 0 Å². The van der Waals surface area contributed by atoms with Crippen molar-refractivity contribution in [2.24, 2.45) is 5.10 Å². The minimum absolute atomic E-state index is 0.129. The first-order valence-corrected chi connectivity index (χ1v) is 12.5. The van der Waals surface area contributed by atoms with Crippen molar-refractivity contribution >= 4 is 28.7 Å². The molecule has 2 heterocycles. The highest BCUT2D eigenvalue weighted by atomic mass is 32.2. The number of hydrogen-bond donors (Lipinski definition) is 1. The van der Waals surface area contributed by atoms with Gasteiger partial charge in [-0.1, -0.05) is 36.0 Å². The molecule has 0 spiro atoms. The summed E-state index contributed by atoms with van der Waals surface area (Å²) in [6.45, 7) is -0.129. The van der Waals surface area contributed by atoms with Crippen LogP contribution in [0.3, 0.4) is 0 Å². The van der Waals surface area contributed by atoms with E-state index in [0.717, 1.165) is 16.8 Å². The van der Waals surface area contributed by atoms with Gasteiger partial charge in [-0.2, -0.15) is 5.10 Å². The summed E-state index contributed by atoms with van der Waals surface area (Å²) in [5, 5.41) is 13.6. The third-order valence-electron chi connectivity index (χ3n) is 5.75. The summed E-state index contributed by atoms with van der Waals surface area (Å²) in [7, 11) is 0. The predicted octanol–water partition coefficient (Wildman–Crippen LogP) is 6.16. The van der Waals surface area contributed by atoms with Crippen LogP contribution in [0, 0.1) is 23.3 Å². The van der Waals surface area contributed by atoms with E-state index in [1.165, 1.54) is 36.4 Å². The highest BCUT2D eigenvalue weighted by molar-refractivity contribution is 8.14. The van der Waals surface area contributed by atoms with Crippen LogP contribution in [0.2, 0.25) is 0 Å². The molecule has 40 heavy (non-hydrogen) atoms. The van der Waals surface area contributed by atoms with Gasteiger partial charge in [0.2, 0.25) is 0 Å². The van der Waals surface area contributed by atoms with Crippen LogP contribution in [0.15, 0.2) is 84.0 Å². The Balaban J connectivity index is 1.52. The molecule has 0 saturated carbocycles. The number of amides is 1. The van der Waals surface area contributed by atoms with Gasteiger partial charge in [0.25, 0.3) is 5.91 Å². The van der Waals surface area contributed by atoms with Gasteiger partial charge in [0.1, 0.15) is 57.3 Å². The van der Waals surface area contributed by atoms with Crippen LogP contribution in [0.5, 0.6) is 5.75 Å². The second-order valence-corrected chi connectivity index (χ2v) is 9.49. The summed E-state index contributed by atoms with van der Waals surface area (Å²) in [6, 6.07) is 17.0. The maximum absolute atomic E-state index is 14.6. The zero-order valence-corrected chi connectivity index (χ0v) is 21.0. The number of rotatable bonds is 7. The third-order valence-corrected chi connectivity index (χ3v) is 6.97. The first-order valence-electron chi connectivity index (χ1n) is 11.6. The molecule has 0 radical (unpaired) electrons. The molecule has 0 aliphatic carbocycles. The number of ether oxygens (including phenoxy) is 1. The number of carboxylic acids is 1. The second kappa shape index (κ2) is 11.2. The monoisotopic (exact) mass is 567 g/mol. The molecule has 0 saturated heterocycles. The number of carbonyl (C=O) groups is 2. The first-order chi connectivity index (χ1) is 19.2. The van der Waals surface area contributed by atoms with Gasteiger partial charge in [-0.05, 0) is 42.5 Å². The van der Waals surface area contributed by atoms with E-state index in [0.29, 0.717) is 29.0 Å². The number of nitrogens with zero attached hydrogens (tertiary/aromatic N) is 3. The van der Waals surface area contributed by atoms with Crippen molar-refractivity contribution in [1.29, 1.82) is 0 Å². The van der Waals surface area contributed by atoms with Crippen LogP contribution in [0.25, 0.3) is 0 Å². The van der Waals surface area contributed by atoms with Gasteiger partial charge in [0.05, 0.1) is 5.69 Å². The lowest BCUT2D eigenvalue weighted by atomic mass is 10.1. The molecule has 3 aromatic carbocycles. The Morgan fingerprint density at radius 1 is 0.900 bits per heavy atom. The number of para-hydroxylation sites is 1. The van der Waals surface area contributed by atoms with E-state index in [4.69, 9.17) is 4.74 Å². The number of pyridine rings is 1. The maximum atomic E-state index is 14.6. The van der Waals surface area contributed by atoms with Crippen molar-refractivity contribution in [2.45, 2.75) is 12.0 Å². The number of carbonyl (C=O) groups excluding carboxylic acids is 1. The Bertz CT molecular complexity index is 1630. The average Bonchev–Trinajstić information content (AvgIpc) is 3.37. The average molecular weight is 568 g/mol. The van der Waals surface area contributed by atoms with Gasteiger partial charge in [-0.3, -0.25) is 4.79 Å². The molecular formula is C28H17F4N3O4S. The summed E-state index contributed by atoms with van der Waals surface area (Å²) in [4.78, 5) is 28.7. The van der Waals surface area contributed by atoms with Crippen LogP contribution < -0.4 is 4.74 Å². The molecule has 1 N–H and O–H groups in total. The molecule has 1 amide bonds. The number of aromatic carboxylic acids is 1. The number of hydrogen-bond acceptors (Lipinski definition) is 6. The summed E-state index contributed by atoms with van der Waals surface area (Å²) in [5.41, 5.74) is -0.0123. The van der Waals surface area contributed by atoms with Crippen molar-refractivity contribution in [3.8, 4) is 5.75 Å². The largest absolute Gasteiger partial charge is 0.487 e. The van der Waals surface area contributed by atoms with Crippen LogP contribution in [-0.2, 0) is 6.61 Å². The number of carboxylic acid groups (broad SMARTS) is 1. The Kier molecular flexibility index (Phi) is 7.52. The van der Waals surface area contributed by atoms with Gasteiger partial charge in [0, 0.05) is 23.3 Å². The zero-order chi connectivity index (χ0) is 28.4. The Labute approximate surface area is 228 Å². The lowest BCUT2D eigenvalue weighted by Crippen LogP contribution is -2.28. The lowest BCUT2D eigenvalue weighted by molar-refractivity contribution is 0.0688. The van der Waals surface area contributed by atoms with Crippen molar-refractivity contribution in [1.82, 2.24) is 9.99 Å². The topological polar surface area (TPSA) is 92.1 Å². The fourth-order valence-electron chi connectivity index (χ4n) is 3.90. The van der Waals surface area contributed by atoms with Crippen molar-refractivity contribution in [3.63, 3.8) is 0 Å². The lowest BCUT2D eigenvalue weighted by Gasteiger charge is -2.23. The van der Waals surface area contributed by atoms with Crippen molar-refractivity contribution in [3.05, 3.63) is 130 Å². The molecule has 0 bridgehead atoms. The number of benzene rings is 3. The molecule has 1 aliphatic rings. The smallest absolute Gasteiger partial charge is 0.354 e. The number of hydrazone groups is 1. The van der Waals surface area contributed by atoms with E-state index < -0.39 is 46.1 Å². The predicted molar refractivity (Wildman–Crippen MR) is 138 cm³/mol. The second-order valence-electron chi connectivity index (χ2n) is 8.42. The van der Waals surface area contributed by atoms with Crippen LogP contribution in [-0.4, -0.2) is 32.0 Å². The highest BCUT2D eigenvalue weighted by Gasteiger charge is 2.38. The number of halogens is 4.